The van der Waals surface area contributed by atoms with Crippen molar-refractivity contribution in [3.63, 3.8) is 0 Å². The van der Waals surface area contributed by atoms with Gasteiger partial charge in [0.15, 0.2) is 0 Å². The molecule has 0 aromatic heterocycles. The first-order chi connectivity index (χ1) is 9.24. The minimum atomic E-state index is -0.486. The minimum Gasteiger partial charge on any atom is -0.384 e. The van der Waals surface area contributed by atoms with Gasteiger partial charge in [0.2, 0.25) is 0 Å². The van der Waals surface area contributed by atoms with Gasteiger partial charge >= 0.3 is 0 Å². The molecule has 2 heteroatoms. The predicted molar refractivity (Wildman–Crippen MR) is 79.2 cm³/mol. The van der Waals surface area contributed by atoms with Gasteiger partial charge in [0, 0.05) is 5.02 Å². The molecular formula is C17H15ClO. The summed E-state index contributed by atoms with van der Waals surface area (Å²) in [6, 6.07) is 15.8. The average molecular weight is 271 g/mol. The molecule has 0 unspecified atom stereocenters. The number of fused-ring (bicyclic) bond motifs is 1. The van der Waals surface area contributed by atoms with Crippen LogP contribution in [0.3, 0.4) is 0 Å². The molecule has 1 N–H and O–H groups in total. The zero-order chi connectivity index (χ0) is 13.2. The van der Waals surface area contributed by atoms with E-state index >= 15 is 0 Å². The van der Waals surface area contributed by atoms with E-state index in [1.165, 1.54) is 5.56 Å². The molecule has 19 heavy (non-hydrogen) atoms. The highest BCUT2D eigenvalue weighted by atomic mass is 35.5. The fourth-order valence-electron chi connectivity index (χ4n) is 2.57. The molecule has 0 heterocycles. The number of halogens is 1. The van der Waals surface area contributed by atoms with Crippen LogP contribution in [0.2, 0.25) is 5.02 Å². The second kappa shape index (κ2) is 5.20. The van der Waals surface area contributed by atoms with E-state index in [4.69, 9.17) is 11.6 Å². The smallest absolute Gasteiger partial charge is 0.101 e. The Bertz CT molecular complexity index is 613. The molecule has 0 bridgehead atoms. The van der Waals surface area contributed by atoms with Crippen LogP contribution in [0.25, 0.3) is 6.08 Å². The van der Waals surface area contributed by atoms with E-state index < -0.39 is 6.10 Å². The summed E-state index contributed by atoms with van der Waals surface area (Å²) >= 11 is 5.88. The fourth-order valence-corrected chi connectivity index (χ4v) is 2.69. The van der Waals surface area contributed by atoms with Gasteiger partial charge in [0.05, 0.1) is 0 Å². The summed E-state index contributed by atoms with van der Waals surface area (Å²) < 4.78 is 0. The van der Waals surface area contributed by atoms with E-state index in [1.807, 2.05) is 42.5 Å². The number of hydrogen-bond acceptors (Lipinski definition) is 1. The van der Waals surface area contributed by atoms with Crippen molar-refractivity contribution >= 4 is 17.7 Å². The van der Waals surface area contributed by atoms with Crippen molar-refractivity contribution in [1.82, 2.24) is 0 Å². The number of hydrogen-bond donors (Lipinski definition) is 1. The second-order valence-corrected chi connectivity index (χ2v) is 5.31. The molecule has 0 amide bonds. The van der Waals surface area contributed by atoms with Gasteiger partial charge in [-0.1, -0.05) is 54.1 Å². The Kier molecular flexibility index (Phi) is 3.41. The third kappa shape index (κ3) is 2.58. The van der Waals surface area contributed by atoms with Crippen molar-refractivity contribution in [1.29, 1.82) is 0 Å². The second-order valence-electron chi connectivity index (χ2n) is 4.87. The van der Waals surface area contributed by atoms with Crippen LogP contribution >= 0.6 is 11.6 Å². The largest absolute Gasteiger partial charge is 0.384 e. The molecule has 0 saturated carbocycles. The first kappa shape index (κ1) is 12.5. The summed E-state index contributed by atoms with van der Waals surface area (Å²) in [5, 5.41) is 11.2. The summed E-state index contributed by atoms with van der Waals surface area (Å²) in [6.45, 7) is 0. The zero-order valence-electron chi connectivity index (χ0n) is 10.5. The minimum absolute atomic E-state index is 0.486. The SMILES string of the molecule is O[C@@H]1/C(=C/c2ccc(Cl)cc2)CCc2ccccc21. The van der Waals surface area contributed by atoms with Crippen LogP contribution in [0.5, 0.6) is 0 Å². The maximum Gasteiger partial charge on any atom is 0.101 e. The highest BCUT2D eigenvalue weighted by molar-refractivity contribution is 6.30. The third-order valence-corrected chi connectivity index (χ3v) is 3.86. The van der Waals surface area contributed by atoms with Gasteiger partial charge in [-0.3, -0.25) is 0 Å². The van der Waals surface area contributed by atoms with E-state index in [0.717, 1.165) is 34.6 Å². The van der Waals surface area contributed by atoms with Crippen molar-refractivity contribution in [2.45, 2.75) is 18.9 Å². The van der Waals surface area contributed by atoms with Crippen molar-refractivity contribution < 1.29 is 5.11 Å². The molecule has 1 nitrogen and oxygen atoms in total. The van der Waals surface area contributed by atoms with Crippen LogP contribution in [0.4, 0.5) is 0 Å². The Morgan fingerprint density at radius 1 is 1.00 bits per heavy atom. The quantitative estimate of drug-likeness (QED) is 0.814. The molecular weight excluding hydrogens is 256 g/mol. The van der Waals surface area contributed by atoms with Crippen LogP contribution in [-0.4, -0.2) is 5.11 Å². The van der Waals surface area contributed by atoms with Gasteiger partial charge in [-0.2, -0.15) is 0 Å². The van der Waals surface area contributed by atoms with Crippen molar-refractivity contribution in [3.8, 4) is 0 Å². The molecule has 2 aromatic carbocycles. The summed E-state index contributed by atoms with van der Waals surface area (Å²) in [6.07, 6.45) is 3.48. The summed E-state index contributed by atoms with van der Waals surface area (Å²) in [5.41, 5.74) is 4.44. The summed E-state index contributed by atoms with van der Waals surface area (Å²) in [4.78, 5) is 0. The molecule has 0 radical (unpaired) electrons. The lowest BCUT2D eigenvalue weighted by Gasteiger charge is -2.24. The number of aliphatic hydroxyl groups is 1. The van der Waals surface area contributed by atoms with Crippen molar-refractivity contribution in [2.24, 2.45) is 0 Å². The fraction of sp³-hybridized carbons (Fsp3) is 0.176. The molecule has 0 aliphatic heterocycles. The van der Waals surface area contributed by atoms with E-state index in [-0.39, 0.29) is 0 Å². The van der Waals surface area contributed by atoms with Gasteiger partial charge in [0.1, 0.15) is 6.10 Å². The molecule has 2 aromatic rings. The lowest BCUT2D eigenvalue weighted by Crippen LogP contribution is -2.11. The number of aliphatic hydroxyl groups excluding tert-OH is 1. The normalized spacial score (nSPS) is 20.3. The van der Waals surface area contributed by atoms with E-state index in [0.29, 0.717) is 0 Å². The van der Waals surface area contributed by atoms with E-state index in [1.54, 1.807) is 0 Å². The molecule has 1 aliphatic rings. The van der Waals surface area contributed by atoms with Crippen LogP contribution in [-0.2, 0) is 6.42 Å². The molecule has 1 aliphatic carbocycles. The molecule has 1 atom stereocenters. The predicted octanol–water partition coefficient (Wildman–Crippen LogP) is 4.40. The number of benzene rings is 2. The van der Waals surface area contributed by atoms with Crippen LogP contribution in [0.15, 0.2) is 54.1 Å². The molecule has 3 rings (SSSR count). The molecule has 0 saturated heterocycles. The Morgan fingerprint density at radius 2 is 1.74 bits per heavy atom. The zero-order valence-corrected chi connectivity index (χ0v) is 11.3. The summed E-state index contributed by atoms with van der Waals surface area (Å²) in [7, 11) is 0. The monoisotopic (exact) mass is 270 g/mol. The van der Waals surface area contributed by atoms with Gasteiger partial charge in [0.25, 0.3) is 0 Å². The molecule has 96 valence electrons. The average Bonchev–Trinajstić information content (AvgIpc) is 2.45. The van der Waals surface area contributed by atoms with E-state index in [2.05, 4.69) is 12.1 Å². The van der Waals surface area contributed by atoms with Gasteiger partial charge in [-0.05, 0) is 47.2 Å². The van der Waals surface area contributed by atoms with Gasteiger partial charge in [-0.25, -0.2) is 0 Å². The Morgan fingerprint density at radius 3 is 2.53 bits per heavy atom. The molecule has 0 fully saturated rings. The van der Waals surface area contributed by atoms with E-state index in [9.17, 15) is 5.11 Å². The molecule has 0 spiro atoms. The highest BCUT2D eigenvalue weighted by Gasteiger charge is 2.21. The summed E-state index contributed by atoms with van der Waals surface area (Å²) in [5.74, 6) is 0. The maximum absolute atomic E-state index is 10.4. The standard InChI is InChI=1S/C17H15ClO/c18-15-9-5-12(6-10-15)11-14-8-7-13-3-1-2-4-16(13)17(14)19/h1-6,9-11,17,19H,7-8H2/b14-11+/t17-/m1/s1. The van der Waals surface area contributed by atoms with Crippen LogP contribution < -0.4 is 0 Å². The van der Waals surface area contributed by atoms with Crippen LogP contribution in [0, 0.1) is 0 Å². The first-order valence-corrected chi connectivity index (χ1v) is 6.84. The Hall–Kier alpha value is -1.57. The number of aryl methyl sites for hydroxylation is 1. The highest BCUT2D eigenvalue weighted by Crippen LogP contribution is 2.34. The lowest BCUT2D eigenvalue weighted by atomic mass is 9.85. The lowest BCUT2D eigenvalue weighted by molar-refractivity contribution is 0.206. The van der Waals surface area contributed by atoms with Gasteiger partial charge < -0.3 is 5.11 Å². The van der Waals surface area contributed by atoms with Gasteiger partial charge in [-0.15, -0.1) is 0 Å². The third-order valence-electron chi connectivity index (χ3n) is 3.61. The maximum atomic E-state index is 10.4. The van der Waals surface area contributed by atoms with Crippen molar-refractivity contribution in [2.75, 3.05) is 0 Å². The van der Waals surface area contributed by atoms with Crippen molar-refractivity contribution in [3.05, 3.63) is 75.8 Å². The van der Waals surface area contributed by atoms with Crippen LogP contribution in [0.1, 0.15) is 29.2 Å². The Labute approximate surface area is 118 Å². The number of rotatable bonds is 1. The topological polar surface area (TPSA) is 20.2 Å². The first-order valence-electron chi connectivity index (χ1n) is 6.46. The Balaban J connectivity index is 1.93.